The van der Waals surface area contributed by atoms with Crippen LogP contribution in [0.1, 0.15) is 83.6 Å². The lowest BCUT2D eigenvalue weighted by molar-refractivity contribution is 0.294. The van der Waals surface area contributed by atoms with Crippen molar-refractivity contribution in [2.24, 2.45) is 11.8 Å². The van der Waals surface area contributed by atoms with Crippen molar-refractivity contribution in [3.63, 3.8) is 0 Å². The van der Waals surface area contributed by atoms with E-state index in [2.05, 4.69) is 74.2 Å². The Bertz CT molecular complexity index is 783. The van der Waals surface area contributed by atoms with Gasteiger partial charge in [-0.15, -0.1) is 0 Å². The van der Waals surface area contributed by atoms with Crippen molar-refractivity contribution in [1.82, 2.24) is 0 Å². The molecule has 3 rings (SSSR count). The molecule has 0 heterocycles. The molecule has 0 bridgehead atoms. The Hall–Kier alpha value is -2.20. The fraction of sp³-hybridized carbons (Fsp3) is 0.517. The van der Waals surface area contributed by atoms with E-state index in [0.29, 0.717) is 5.92 Å². The summed E-state index contributed by atoms with van der Waals surface area (Å²) in [7, 11) is 0. The van der Waals surface area contributed by atoms with Crippen molar-refractivity contribution >= 4 is 0 Å². The third kappa shape index (κ3) is 7.24. The molecule has 1 aliphatic carbocycles. The van der Waals surface area contributed by atoms with E-state index in [9.17, 15) is 0 Å². The Morgan fingerprint density at radius 3 is 2.07 bits per heavy atom. The summed E-state index contributed by atoms with van der Waals surface area (Å²) in [6, 6.07) is 17.0. The number of ether oxygens (including phenoxy) is 1. The van der Waals surface area contributed by atoms with Crippen LogP contribution in [0.4, 0.5) is 0 Å². The third-order valence-electron chi connectivity index (χ3n) is 6.28. The van der Waals surface area contributed by atoms with E-state index in [1.54, 1.807) is 0 Å². The molecule has 0 saturated heterocycles. The number of hydrogen-bond donors (Lipinski definition) is 0. The number of hydrogen-bond acceptors (Lipinski definition) is 1. The van der Waals surface area contributed by atoms with Gasteiger partial charge in [-0.2, -0.15) is 0 Å². The summed E-state index contributed by atoms with van der Waals surface area (Å²) >= 11 is 0. The van der Waals surface area contributed by atoms with Crippen molar-refractivity contribution in [3.8, 4) is 28.7 Å². The molecule has 0 unspecified atom stereocenters. The van der Waals surface area contributed by atoms with Crippen molar-refractivity contribution in [3.05, 3.63) is 54.1 Å². The molecule has 0 aliphatic heterocycles. The molecule has 1 aliphatic rings. The Labute approximate surface area is 184 Å². The van der Waals surface area contributed by atoms with Crippen LogP contribution in [0.15, 0.2) is 48.5 Å². The molecule has 0 amide bonds. The first-order chi connectivity index (χ1) is 14.8. The van der Waals surface area contributed by atoms with Crippen LogP contribution in [0.3, 0.4) is 0 Å². The summed E-state index contributed by atoms with van der Waals surface area (Å²) < 4.78 is 5.67. The lowest BCUT2D eigenvalue weighted by Crippen LogP contribution is -2.13. The van der Waals surface area contributed by atoms with Gasteiger partial charge in [0.2, 0.25) is 0 Å². The Morgan fingerprint density at radius 2 is 1.43 bits per heavy atom. The van der Waals surface area contributed by atoms with E-state index in [-0.39, 0.29) is 0 Å². The lowest BCUT2D eigenvalue weighted by atomic mass is 9.80. The maximum atomic E-state index is 5.67. The molecule has 0 atom stereocenters. The SMILES string of the molecule is CCCCCC[C@H]1CC[C@H](C#Cc2ccc(-c3ccc(OCCC)cc3)cc2)CC1. The summed E-state index contributed by atoms with van der Waals surface area (Å²) in [4.78, 5) is 0. The summed E-state index contributed by atoms with van der Waals surface area (Å²) in [5.74, 6) is 9.47. The van der Waals surface area contributed by atoms with Crippen molar-refractivity contribution in [2.75, 3.05) is 6.61 Å². The molecule has 1 heteroatoms. The molecule has 0 N–H and O–H groups in total. The first-order valence-corrected chi connectivity index (χ1v) is 12.1. The molecule has 0 radical (unpaired) electrons. The molecule has 2 aromatic rings. The minimum Gasteiger partial charge on any atom is -0.494 e. The van der Waals surface area contributed by atoms with Crippen LogP contribution in [0, 0.1) is 23.7 Å². The Kier molecular flexibility index (Phi) is 9.36. The largest absolute Gasteiger partial charge is 0.494 e. The van der Waals surface area contributed by atoms with E-state index >= 15 is 0 Å². The zero-order valence-corrected chi connectivity index (χ0v) is 19.0. The van der Waals surface area contributed by atoms with Gasteiger partial charge < -0.3 is 4.74 Å². The van der Waals surface area contributed by atoms with E-state index < -0.39 is 0 Å². The van der Waals surface area contributed by atoms with Crippen LogP contribution in [0.25, 0.3) is 11.1 Å². The fourth-order valence-corrected chi connectivity index (χ4v) is 4.35. The quantitative estimate of drug-likeness (QED) is 0.303. The highest BCUT2D eigenvalue weighted by atomic mass is 16.5. The van der Waals surface area contributed by atoms with Gasteiger partial charge in [-0.1, -0.05) is 82.1 Å². The normalized spacial score (nSPS) is 18.5. The number of unbranched alkanes of at least 4 members (excludes halogenated alkanes) is 3. The van der Waals surface area contributed by atoms with Crippen LogP contribution >= 0.6 is 0 Å². The Morgan fingerprint density at radius 1 is 0.767 bits per heavy atom. The maximum Gasteiger partial charge on any atom is 0.119 e. The average Bonchev–Trinajstić information content (AvgIpc) is 2.81. The van der Waals surface area contributed by atoms with Gasteiger partial charge in [0.05, 0.1) is 6.61 Å². The zero-order chi connectivity index (χ0) is 21.0. The van der Waals surface area contributed by atoms with Crippen LogP contribution in [-0.2, 0) is 0 Å². The molecular weight excluding hydrogens is 364 g/mol. The summed E-state index contributed by atoms with van der Waals surface area (Å²) in [5.41, 5.74) is 3.57. The van der Waals surface area contributed by atoms with Gasteiger partial charge in [-0.3, -0.25) is 0 Å². The topological polar surface area (TPSA) is 9.23 Å². The van der Waals surface area contributed by atoms with E-state index in [1.165, 1.54) is 68.9 Å². The highest BCUT2D eigenvalue weighted by molar-refractivity contribution is 5.65. The minimum atomic E-state index is 0.590. The smallest absolute Gasteiger partial charge is 0.119 e. The average molecular weight is 403 g/mol. The molecule has 0 spiro atoms. The van der Waals surface area contributed by atoms with Crippen molar-refractivity contribution in [1.29, 1.82) is 0 Å². The summed E-state index contributed by atoms with van der Waals surface area (Å²) in [6.45, 7) is 5.19. The molecule has 160 valence electrons. The standard InChI is InChI=1S/C29H38O/c1-3-5-6-7-8-24-9-11-25(12-10-24)13-14-26-15-17-27(18-16-26)28-19-21-29(22-20-28)30-23-4-2/h15-22,24-25H,3-12,23H2,1-2H3/t24-,25-. The van der Waals surface area contributed by atoms with Crippen LogP contribution < -0.4 is 4.74 Å². The second kappa shape index (κ2) is 12.5. The van der Waals surface area contributed by atoms with Gasteiger partial charge in [0.1, 0.15) is 5.75 Å². The molecule has 30 heavy (non-hydrogen) atoms. The monoisotopic (exact) mass is 402 g/mol. The third-order valence-corrected chi connectivity index (χ3v) is 6.28. The second-order valence-electron chi connectivity index (χ2n) is 8.79. The molecule has 1 saturated carbocycles. The van der Waals surface area contributed by atoms with E-state index in [1.807, 2.05) is 0 Å². The number of rotatable bonds is 9. The van der Waals surface area contributed by atoms with Crippen LogP contribution in [0.2, 0.25) is 0 Å². The van der Waals surface area contributed by atoms with E-state index in [4.69, 9.17) is 4.74 Å². The lowest BCUT2D eigenvalue weighted by Gasteiger charge is -2.25. The molecule has 1 fully saturated rings. The number of benzene rings is 2. The van der Waals surface area contributed by atoms with Gasteiger partial charge in [0.15, 0.2) is 0 Å². The van der Waals surface area contributed by atoms with Crippen molar-refractivity contribution < 1.29 is 4.74 Å². The van der Waals surface area contributed by atoms with E-state index in [0.717, 1.165) is 30.3 Å². The molecule has 1 nitrogen and oxygen atoms in total. The molecule has 0 aromatic heterocycles. The molecular formula is C29H38O. The van der Waals surface area contributed by atoms with Gasteiger partial charge in [0, 0.05) is 11.5 Å². The first kappa shape index (κ1) is 22.5. The van der Waals surface area contributed by atoms with Gasteiger partial charge in [-0.25, -0.2) is 0 Å². The van der Waals surface area contributed by atoms with Crippen LogP contribution in [0.5, 0.6) is 5.75 Å². The first-order valence-electron chi connectivity index (χ1n) is 12.1. The van der Waals surface area contributed by atoms with Gasteiger partial charge in [-0.05, 0) is 73.4 Å². The summed E-state index contributed by atoms with van der Waals surface area (Å²) in [6.07, 6.45) is 13.4. The Balaban J connectivity index is 1.47. The molecule has 2 aromatic carbocycles. The van der Waals surface area contributed by atoms with Gasteiger partial charge >= 0.3 is 0 Å². The van der Waals surface area contributed by atoms with Gasteiger partial charge in [0.25, 0.3) is 0 Å². The predicted octanol–water partition coefficient (Wildman–Crippen LogP) is 8.27. The minimum absolute atomic E-state index is 0.590. The van der Waals surface area contributed by atoms with Crippen molar-refractivity contribution in [2.45, 2.75) is 78.1 Å². The second-order valence-corrected chi connectivity index (χ2v) is 8.79. The maximum absolute atomic E-state index is 5.67. The highest BCUT2D eigenvalue weighted by Crippen LogP contribution is 2.32. The highest BCUT2D eigenvalue weighted by Gasteiger charge is 2.19. The fourth-order valence-electron chi connectivity index (χ4n) is 4.35. The predicted molar refractivity (Wildman–Crippen MR) is 129 cm³/mol. The zero-order valence-electron chi connectivity index (χ0n) is 19.0. The summed E-state index contributed by atoms with van der Waals surface area (Å²) in [5, 5.41) is 0. The van der Waals surface area contributed by atoms with Crippen LogP contribution in [-0.4, -0.2) is 6.61 Å².